The van der Waals surface area contributed by atoms with Crippen LogP contribution in [0.1, 0.15) is 27.7 Å². The van der Waals surface area contributed by atoms with Gasteiger partial charge in [-0.15, -0.1) is 0 Å². The molecule has 0 fully saturated rings. The second kappa shape index (κ2) is 6.49. The van der Waals surface area contributed by atoms with E-state index in [1.54, 1.807) is 13.1 Å². The minimum absolute atomic E-state index is 0.153. The molecule has 0 aliphatic heterocycles. The zero-order chi connectivity index (χ0) is 17.4. The molecule has 1 heterocycles. The van der Waals surface area contributed by atoms with Gasteiger partial charge in [0.05, 0.1) is 10.4 Å². The topological polar surface area (TPSA) is 72.5 Å². The Bertz CT molecular complexity index is 837. The molecule has 0 atom stereocenters. The molecule has 1 aromatic heterocycles. The second-order valence-corrected chi connectivity index (χ2v) is 8.60. The molecule has 0 aliphatic rings. The summed E-state index contributed by atoms with van der Waals surface area (Å²) in [5, 5.41) is 0. The number of rotatable bonds is 6. The highest BCUT2D eigenvalue weighted by Crippen LogP contribution is 2.22. The number of sulfonamides is 1. The lowest BCUT2D eigenvalue weighted by atomic mass is 10.2. The fourth-order valence-electron chi connectivity index (χ4n) is 2.51. The number of aromatic nitrogens is 1. The molecule has 0 spiro atoms. The minimum atomic E-state index is -3.62. The summed E-state index contributed by atoms with van der Waals surface area (Å²) >= 11 is 0. The number of benzene rings is 1. The Labute approximate surface area is 136 Å². The molecule has 1 aromatic carbocycles. The van der Waals surface area contributed by atoms with Gasteiger partial charge in [0, 0.05) is 26.2 Å². The first kappa shape index (κ1) is 17.7. The Morgan fingerprint density at radius 1 is 1.13 bits per heavy atom. The monoisotopic (exact) mass is 340 g/mol. The number of oxazole rings is 1. The first-order chi connectivity index (χ1) is 10.6. The first-order valence-electron chi connectivity index (χ1n) is 7.72. The highest BCUT2D eigenvalue weighted by molar-refractivity contribution is 7.89. The molecule has 0 saturated heterocycles. The van der Waals surface area contributed by atoms with Gasteiger partial charge in [-0.05, 0) is 24.0 Å². The van der Waals surface area contributed by atoms with Crippen LogP contribution in [0.3, 0.4) is 0 Å². The average molecular weight is 340 g/mol. The van der Waals surface area contributed by atoms with Crippen LogP contribution < -0.4 is 5.76 Å². The first-order valence-corrected chi connectivity index (χ1v) is 9.16. The normalized spacial score (nSPS) is 12.9. The van der Waals surface area contributed by atoms with Gasteiger partial charge < -0.3 is 4.42 Å². The van der Waals surface area contributed by atoms with E-state index in [0.717, 1.165) is 0 Å². The standard InChI is InChI=1S/C16H24N2O4S/c1-11(2)9-18(10-12(3)4)23(20,21)13-6-7-14-15(8-13)22-16(19)17(14)5/h6-8,11-12H,9-10H2,1-5H3. The Kier molecular flexibility index (Phi) is 5.01. The van der Waals surface area contributed by atoms with Crippen LogP contribution in [0.15, 0.2) is 32.3 Å². The molecule has 0 saturated carbocycles. The van der Waals surface area contributed by atoms with E-state index in [0.29, 0.717) is 18.6 Å². The molecule has 0 amide bonds. The number of hydrogen-bond donors (Lipinski definition) is 0. The van der Waals surface area contributed by atoms with E-state index in [4.69, 9.17) is 4.42 Å². The van der Waals surface area contributed by atoms with Crippen LogP contribution in [0.2, 0.25) is 0 Å². The van der Waals surface area contributed by atoms with Crippen LogP contribution >= 0.6 is 0 Å². The van der Waals surface area contributed by atoms with Gasteiger partial charge in [-0.2, -0.15) is 4.31 Å². The largest absolute Gasteiger partial charge is 0.419 e. The van der Waals surface area contributed by atoms with Crippen LogP contribution in [0.4, 0.5) is 0 Å². The zero-order valence-corrected chi connectivity index (χ0v) is 15.1. The van der Waals surface area contributed by atoms with Crippen molar-refractivity contribution in [3.05, 3.63) is 28.7 Å². The van der Waals surface area contributed by atoms with Crippen molar-refractivity contribution in [2.75, 3.05) is 13.1 Å². The van der Waals surface area contributed by atoms with Gasteiger partial charge in [0.15, 0.2) is 5.58 Å². The van der Waals surface area contributed by atoms with Crippen molar-refractivity contribution in [3.63, 3.8) is 0 Å². The van der Waals surface area contributed by atoms with Crippen LogP contribution in [0.5, 0.6) is 0 Å². The van der Waals surface area contributed by atoms with Crippen LogP contribution in [0, 0.1) is 11.8 Å². The lowest BCUT2D eigenvalue weighted by Crippen LogP contribution is -2.37. The number of fused-ring (bicyclic) bond motifs is 1. The molecule has 0 radical (unpaired) electrons. The molecule has 0 bridgehead atoms. The Hall–Kier alpha value is -1.60. The Morgan fingerprint density at radius 2 is 1.70 bits per heavy atom. The highest BCUT2D eigenvalue weighted by Gasteiger charge is 2.26. The molecule has 6 nitrogen and oxygen atoms in total. The summed E-state index contributed by atoms with van der Waals surface area (Å²) in [6, 6.07) is 4.57. The van der Waals surface area contributed by atoms with E-state index in [1.807, 2.05) is 27.7 Å². The van der Waals surface area contributed by atoms with E-state index in [2.05, 4.69) is 0 Å². The summed E-state index contributed by atoms with van der Waals surface area (Å²) in [7, 11) is -2.03. The van der Waals surface area contributed by atoms with E-state index in [-0.39, 0.29) is 22.3 Å². The quantitative estimate of drug-likeness (QED) is 0.809. The van der Waals surface area contributed by atoms with Crippen molar-refractivity contribution in [2.24, 2.45) is 18.9 Å². The van der Waals surface area contributed by atoms with Gasteiger partial charge in [0.2, 0.25) is 10.0 Å². The van der Waals surface area contributed by atoms with Gasteiger partial charge in [-0.25, -0.2) is 13.2 Å². The van der Waals surface area contributed by atoms with Crippen molar-refractivity contribution in [1.82, 2.24) is 8.87 Å². The number of aryl methyl sites for hydroxylation is 1. The summed E-state index contributed by atoms with van der Waals surface area (Å²) in [5.41, 5.74) is 0.862. The molecule has 2 rings (SSSR count). The Balaban J connectivity index is 2.49. The van der Waals surface area contributed by atoms with Gasteiger partial charge in [0.1, 0.15) is 0 Å². The zero-order valence-electron chi connectivity index (χ0n) is 14.2. The summed E-state index contributed by atoms with van der Waals surface area (Å²) < 4.78 is 33.8. The van der Waals surface area contributed by atoms with Crippen molar-refractivity contribution < 1.29 is 12.8 Å². The SMILES string of the molecule is CC(C)CN(CC(C)C)S(=O)(=O)c1ccc2c(c1)oc(=O)n2C. The second-order valence-electron chi connectivity index (χ2n) is 6.67. The van der Waals surface area contributed by atoms with E-state index >= 15 is 0 Å². The van der Waals surface area contributed by atoms with Gasteiger partial charge >= 0.3 is 5.76 Å². The third-order valence-electron chi connectivity index (χ3n) is 3.54. The molecule has 0 N–H and O–H groups in total. The van der Waals surface area contributed by atoms with Crippen molar-refractivity contribution in [2.45, 2.75) is 32.6 Å². The third kappa shape index (κ3) is 3.67. The summed E-state index contributed by atoms with van der Waals surface area (Å²) in [5.74, 6) is -0.0559. The predicted molar refractivity (Wildman–Crippen MR) is 89.9 cm³/mol. The maximum atomic E-state index is 12.9. The summed E-state index contributed by atoms with van der Waals surface area (Å²) in [4.78, 5) is 11.7. The van der Waals surface area contributed by atoms with Crippen LogP contribution in [-0.2, 0) is 17.1 Å². The molecule has 7 heteroatoms. The lowest BCUT2D eigenvalue weighted by Gasteiger charge is -2.25. The third-order valence-corrected chi connectivity index (χ3v) is 5.37. The molecular weight excluding hydrogens is 316 g/mol. The average Bonchev–Trinajstić information content (AvgIpc) is 2.72. The molecule has 0 aliphatic carbocycles. The lowest BCUT2D eigenvalue weighted by molar-refractivity contribution is 0.333. The Morgan fingerprint density at radius 3 is 2.22 bits per heavy atom. The number of hydrogen-bond acceptors (Lipinski definition) is 4. The summed E-state index contributed by atoms with van der Waals surface area (Å²) in [6.45, 7) is 8.86. The van der Waals surface area contributed by atoms with Gasteiger partial charge in [-0.3, -0.25) is 4.57 Å². The molecular formula is C16H24N2O4S. The molecule has 128 valence electrons. The maximum Gasteiger partial charge on any atom is 0.419 e. The molecule has 23 heavy (non-hydrogen) atoms. The van der Waals surface area contributed by atoms with E-state index < -0.39 is 15.8 Å². The van der Waals surface area contributed by atoms with Crippen LogP contribution in [-0.4, -0.2) is 30.4 Å². The van der Waals surface area contributed by atoms with E-state index in [1.165, 1.54) is 21.0 Å². The van der Waals surface area contributed by atoms with Crippen LogP contribution in [0.25, 0.3) is 11.1 Å². The predicted octanol–water partition coefficient (Wildman–Crippen LogP) is 2.43. The fourth-order valence-corrected chi connectivity index (χ4v) is 4.29. The van der Waals surface area contributed by atoms with Crippen molar-refractivity contribution in [3.8, 4) is 0 Å². The number of nitrogens with zero attached hydrogens (tertiary/aromatic N) is 2. The molecule has 2 aromatic rings. The van der Waals surface area contributed by atoms with Gasteiger partial charge in [0.25, 0.3) is 0 Å². The van der Waals surface area contributed by atoms with Crippen molar-refractivity contribution >= 4 is 21.1 Å². The summed E-state index contributed by atoms with van der Waals surface area (Å²) in [6.07, 6.45) is 0. The highest BCUT2D eigenvalue weighted by atomic mass is 32.2. The minimum Gasteiger partial charge on any atom is -0.408 e. The van der Waals surface area contributed by atoms with Gasteiger partial charge in [-0.1, -0.05) is 27.7 Å². The molecule has 0 unspecified atom stereocenters. The van der Waals surface area contributed by atoms with Crippen molar-refractivity contribution in [1.29, 1.82) is 0 Å². The maximum absolute atomic E-state index is 12.9. The van der Waals surface area contributed by atoms with E-state index in [9.17, 15) is 13.2 Å². The smallest absolute Gasteiger partial charge is 0.408 e. The fraction of sp³-hybridized carbons (Fsp3) is 0.562.